The number of rotatable bonds is 0. The molecule has 1 atom stereocenters. The van der Waals surface area contributed by atoms with Crippen LogP contribution in [0.4, 0.5) is 0 Å². The van der Waals surface area contributed by atoms with Gasteiger partial charge in [-0.3, -0.25) is 0 Å². The fourth-order valence-corrected chi connectivity index (χ4v) is 0.672. The minimum Gasteiger partial charge on any atom is -0.363 e. The minimum absolute atomic E-state index is 0. The summed E-state index contributed by atoms with van der Waals surface area (Å²) in [5.41, 5.74) is 0. The number of ether oxygens (including phenoxy) is 1. The molecule has 3 heteroatoms. The molecule has 0 radical (unpaired) electrons. The van der Waals surface area contributed by atoms with Gasteiger partial charge in [-0.05, 0) is 0 Å². The Morgan fingerprint density at radius 3 is 2.78 bits per heavy atom. The van der Waals surface area contributed by atoms with Gasteiger partial charge in [-0.1, -0.05) is 5.92 Å². The summed E-state index contributed by atoms with van der Waals surface area (Å²) in [7, 11) is 0. The number of halogens is 1. The molecule has 1 fully saturated rings. The molecule has 1 aliphatic rings. The third kappa shape index (κ3) is 2.71. The van der Waals surface area contributed by atoms with E-state index in [4.69, 9.17) is 11.2 Å². The van der Waals surface area contributed by atoms with E-state index in [1.165, 1.54) is 0 Å². The van der Waals surface area contributed by atoms with Gasteiger partial charge in [-0.25, -0.2) is 0 Å². The van der Waals surface area contributed by atoms with E-state index in [1.54, 1.807) is 0 Å². The standard InChI is InChI=1S/C6H9NO.ClH/c1-2-6-5-7-3-4-8-6;/h1,6-7H,3-5H2;1H/t6-;/m1./s1. The summed E-state index contributed by atoms with van der Waals surface area (Å²) in [6, 6.07) is 0. The smallest absolute Gasteiger partial charge is 0.130 e. The molecule has 1 N–H and O–H groups in total. The third-order valence-electron chi connectivity index (χ3n) is 1.11. The summed E-state index contributed by atoms with van der Waals surface area (Å²) < 4.78 is 5.13. The molecule has 1 aliphatic heterocycles. The van der Waals surface area contributed by atoms with Crippen molar-refractivity contribution in [2.75, 3.05) is 19.7 Å². The summed E-state index contributed by atoms with van der Waals surface area (Å²) in [5, 5.41) is 3.12. The number of terminal acetylenes is 1. The summed E-state index contributed by atoms with van der Waals surface area (Å²) in [4.78, 5) is 0. The van der Waals surface area contributed by atoms with E-state index >= 15 is 0 Å². The Kier molecular flexibility index (Phi) is 4.51. The maximum absolute atomic E-state index is 5.13. The lowest BCUT2D eigenvalue weighted by Crippen LogP contribution is -2.37. The van der Waals surface area contributed by atoms with Crippen molar-refractivity contribution in [3.8, 4) is 12.3 Å². The molecule has 0 saturated carbocycles. The van der Waals surface area contributed by atoms with E-state index in [2.05, 4.69) is 11.2 Å². The average molecular weight is 148 g/mol. The third-order valence-corrected chi connectivity index (χ3v) is 1.11. The molecule has 1 saturated heterocycles. The SMILES string of the molecule is C#C[C@@H]1CNCCO1.Cl. The second-order valence-electron chi connectivity index (χ2n) is 1.73. The molecule has 1 rings (SSSR count). The van der Waals surface area contributed by atoms with Crippen molar-refractivity contribution in [1.82, 2.24) is 5.32 Å². The van der Waals surface area contributed by atoms with Crippen molar-refractivity contribution in [3.05, 3.63) is 0 Å². The van der Waals surface area contributed by atoms with Crippen LogP contribution < -0.4 is 5.32 Å². The van der Waals surface area contributed by atoms with Gasteiger partial charge in [0.2, 0.25) is 0 Å². The molecule has 0 aliphatic carbocycles. The Balaban J connectivity index is 0.000000640. The number of hydrogen-bond acceptors (Lipinski definition) is 2. The maximum atomic E-state index is 5.13. The summed E-state index contributed by atoms with van der Waals surface area (Å²) >= 11 is 0. The summed E-state index contributed by atoms with van der Waals surface area (Å²) in [6.07, 6.45) is 5.09. The van der Waals surface area contributed by atoms with Crippen LogP contribution in [0.1, 0.15) is 0 Å². The lowest BCUT2D eigenvalue weighted by molar-refractivity contribution is 0.0652. The minimum atomic E-state index is 0. The van der Waals surface area contributed by atoms with Gasteiger partial charge < -0.3 is 10.1 Å². The molecule has 0 aromatic heterocycles. The van der Waals surface area contributed by atoms with Gasteiger partial charge in [0.25, 0.3) is 0 Å². The Morgan fingerprint density at radius 1 is 1.67 bits per heavy atom. The van der Waals surface area contributed by atoms with Crippen LogP contribution in [0.3, 0.4) is 0 Å². The molecule has 0 bridgehead atoms. The highest BCUT2D eigenvalue weighted by molar-refractivity contribution is 5.85. The van der Waals surface area contributed by atoms with Crippen LogP contribution in [0.2, 0.25) is 0 Å². The second kappa shape index (κ2) is 4.63. The molecule has 0 unspecified atom stereocenters. The van der Waals surface area contributed by atoms with Gasteiger partial charge >= 0.3 is 0 Å². The van der Waals surface area contributed by atoms with Gasteiger partial charge in [0, 0.05) is 13.1 Å². The first kappa shape index (κ1) is 8.77. The van der Waals surface area contributed by atoms with E-state index in [-0.39, 0.29) is 18.5 Å². The molecule has 1 heterocycles. The maximum Gasteiger partial charge on any atom is 0.130 e. The first-order valence-corrected chi connectivity index (χ1v) is 2.72. The first-order valence-electron chi connectivity index (χ1n) is 2.72. The van der Waals surface area contributed by atoms with Gasteiger partial charge in [0.1, 0.15) is 6.10 Å². The molecule has 52 valence electrons. The van der Waals surface area contributed by atoms with Crippen molar-refractivity contribution in [2.24, 2.45) is 0 Å². The van der Waals surface area contributed by atoms with Crippen LogP contribution in [0, 0.1) is 12.3 Å². The molecule has 0 spiro atoms. The fraction of sp³-hybridized carbons (Fsp3) is 0.667. The van der Waals surface area contributed by atoms with Gasteiger partial charge in [-0.15, -0.1) is 18.8 Å². The van der Waals surface area contributed by atoms with Crippen LogP contribution >= 0.6 is 12.4 Å². The van der Waals surface area contributed by atoms with Crippen LogP contribution in [0.25, 0.3) is 0 Å². The lowest BCUT2D eigenvalue weighted by atomic mass is 10.3. The molecule has 0 aromatic rings. The van der Waals surface area contributed by atoms with Crippen LogP contribution in [0.15, 0.2) is 0 Å². The highest BCUT2D eigenvalue weighted by atomic mass is 35.5. The van der Waals surface area contributed by atoms with E-state index in [0.717, 1.165) is 19.7 Å². The Morgan fingerprint density at radius 2 is 2.44 bits per heavy atom. The number of morpholine rings is 1. The average Bonchev–Trinajstić information content (AvgIpc) is 1.90. The zero-order chi connectivity index (χ0) is 5.82. The quantitative estimate of drug-likeness (QED) is 0.489. The Hall–Kier alpha value is -0.230. The monoisotopic (exact) mass is 147 g/mol. The predicted molar refractivity (Wildman–Crippen MR) is 38.7 cm³/mol. The number of hydrogen-bond donors (Lipinski definition) is 1. The van der Waals surface area contributed by atoms with Crippen LogP contribution in [-0.4, -0.2) is 25.8 Å². The molecule has 9 heavy (non-hydrogen) atoms. The Bertz CT molecular complexity index is 104. The van der Waals surface area contributed by atoms with Crippen molar-refractivity contribution in [2.45, 2.75) is 6.10 Å². The van der Waals surface area contributed by atoms with E-state index in [0.29, 0.717) is 0 Å². The normalized spacial score (nSPS) is 25.9. The molecule has 0 aromatic carbocycles. The van der Waals surface area contributed by atoms with E-state index in [1.807, 2.05) is 0 Å². The van der Waals surface area contributed by atoms with Gasteiger partial charge in [-0.2, -0.15) is 0 Å². The topological polar surface area (TPSA) is 21.3 Å². The van der Waals surface area contributed by atoms with Crippen molar-refractivity contribution in [1.29, 1.82) is 0 Å². The highest BCUT2D eigenvalue weighted by Gasteiger charge is 2.07. The van der Waals surface area contributed by atoms with Crippen LogP contribution in [0.5, 0.6) is 0 Å². The first-order chi connectivity index (χ1) is 3.93. The number of nitrogens with one attached hydrogen (secondary N) is 1. The van der Waals surface area contributed by atoms with Gasteiger partial charge in [0.15, 0.2) is 0 Å². The van der Waals surface area contributed by atoms with Crippen molar-refractivity contribution >= 4 is 12.4 Å². The Labute approximate surface area is 61.4 Å². The zero-order valence-electron chi connectivity index (χ0n) is 5.09. The van der Waals surface area contributed by atoms with E-state index < -0.39 is 0 Å². The zero-order valence-corrected chi connectivity index (χ0v) is 5.91. The summed E-state index contributed by atoms with van der Waals surface area (Å²) in [6.45, 7) is 2.48. The van der Waals surface area contributed by atoms with Crippen molar-refractivity contribution in [3.63, 3.8) is 0 Å². The molecule has 0 amide bonds. The molecular weight excluding hydrogens is 138 g/mol. The van der Waals surface area contributed by atoms with Crippen molar-refractivity contribution < 1.29 is 4.74 Å². The second-order valence-corrected chi connectivity index (χ2v) is 1.73. The summed E-state index contributed by atoms with van der Waals surface area (Å²) in [5.74, 6) is 2.52. The van der Waals surface area contributed by atoms with E-state index in [9.17, 15) is 0 Å². The lowest BCUT2D eigenvalue weighted by Gasteiger charge is -2.18. The fourth-order valence-electron chi connectivity index (χ4n) is 0.672. The largest absolute Gasteiger partial charge is 0.363 e. The predicted octanol–water partition coefficient (Wildman–Crippen LogP) is 0.0298. The molecule has 2 nitrogen and oxygen atoms in total. The molecular formula is C6H10ClNO. The van der Waals surface area contributed by atoms with Crippen LogP contribution in [-0.2, 0) is 4.74 Å². The van der Waals surface area contributed by atoms with Gasteiger partial charge in [0.05, 0.1) is 6.61 Å². The highest BCUT2D eigenvalue weighted by Crippen LogP contribution is 1.91.